The van der Waals surface area contributed by atoms with E-state index in [9.17, 15) is 4.79 Å². The number of hydrogen-bond donors (Lipinski definition) is 1. The third-order valence-corrected chi connectivity index (χ3v) is 3.06. The Balaban J connectivity index is 2.58. The van der Waals surface area contributed by atoms with Crippen molar-refractivity contribution >= 4 is 5.78 Å². The maximum atomic E-state index is 12.0. The molecule has 0 aromatic rings. The van der Waals surface area contributed by atoms with Crippen LogP contribution in [0.5, 0.6) is 0 Å². The first-order chi connectivity index (χ1) is 6.75. The minimum atomic E-state index is -0.0917. The van der Waals surface area contributed by atoms with Crippen LogP contribution in [0.1, 0.15) is 39.0 Å². The van der Waals surface area contributed by atoms with Gasteiger partial charge in [-0.2, -0.15) is 0 Å². The van der Waals surface area contributed by atoms with E-state index in [0.717, 1.165) is 32.4 Å². The lowest BCUT2D eigenvalue weighted by molar-refractivity contribution is -0.128. The molecule has 2 heteroatoms. The Bertz CT molecular complexity index is 233. The van der Waals surface area contributed by atoms with Crippen LogP contribution in [0, 0.1) is 17.8 Å². The Morgan fingerprint density at radius 3 is 2.93 bits per heavy atom. The van der Waals surface area contributed by atoms with Gasteiger partial charge in [0.2, 0.25) is 0 Å². The number of rotatable bonds is 5. The van der Waals surface area contributed by atoms with Gasteiger partial charge in [0.05, 0.1) is 0 Å². The number of terminal acetylenes is 1. The lowest BCUT2D eigenvalue weighted by Crippen LogP contribution is -2.33. The number of carbonyl (C=O) groups excluding carboxylic acids is 1. The molecule has 0 bridgehead atoms. The Hall–Kier alpha value is -0.810. The van der Waals surface area contributed by atoms with Gasteiger partial charge in [0.25, 0.3) is 0 Å². The fraction of sp³-hybridized carbons (Fsp3) is 0.750. The summed E-state index contributed by atoms with van der Waals surface area (Å²) in [5.41, 5.74) is -0.0917. The van der Waals surface area contributed by atoms with Crippen molar-refractivity contribution < 1.29 is 4.79 Å². The summed E-state index contributed by atoms with van der Waals surface area (Å²) >= 11 is 0. The van der Waals surface area contributed by atoms with Crippen LogP contribution < -0.4 is 5.32 Å². The second kappa shape index (κ2) is 5.17. The second-order valence-corrected chi connectivity index (χ2v) is 4.08. The molecule has 0 aromatic heterocycles. The summed E-state index contributed by atoms with van der Waals surface area (Å²) in [6.45, 7) is 3.96. The van der Waals surface area contributed by atoms with E-state index in [1.165, 1.54) is 0 Å². The first kappa shape index (κ1) is 11.3. The van der Waals surface area contributed by atoms with Crippen molar-refractivity contribution in [1.29, 1.82) is 0 Å². The molecule has 1 aliphatic heterocycles. The molecule has 1 unspecified atom stereocenters. The summed E-state index contributed by atoms with van der Waals surface area (Å²) in [5, 5.41) is 3.28. The van der Waals surface area contributed by atoms with Gasteiger partial charge >= 0.3 is 0 Å². The molecule has 1 N–H and O–H groups in total. The largest absolute Gasteiger partial charge is 0.316 e. The van der Waals surface area contributed by atoms with E-state index in [-0.39, 0.29) is 5.41 Å². The molecule has 0 amide bonds. The molecule has 1 heterocycles. The molecule has 1 fully saturated rings. The second-order valence-electron chi connectivity index (χ2n) is 4.08. The summed E-state index contributed by atoms with van der Waals surface area (Å²) < 4.78 is 0. The minimum absolute atomic E-state index is 0.0917. The summed E-state index contributed by atoms with van der Waals surface area (Å²) in [5.74, 6) is 2.90. The van der Waals surface area contributed by atoms with Crippen LogP contribution in [0.2, 0.25) is 0 Å². The lowest BCUT2D eigenvalue weighted by atomic mass is 9.77. The Kier molecular flexibility index (Phi) is 4.16. The smallest absolute Gasteiger partial charge is 0.141 e. The summed E-state index contributed by atoms with van der Waals surface area (Å²) in [6.07, 6.45) is 9.38. The zero-order valence-corrected chi connectivity index (χ0v) is 8.94. The summed E-state index contributed by atoms with van der Waals surface area (Å²) in [4.78, 5) is 12.0. The highest BCUT2D eigenvalue weighted by Gasteiger charge is 2.38. The molecule has 0 saturated carbocycles. The third kappa shape index (κ3) is 2.36. The van der Waals surface area contributed by atoms with Crippen molar-refractivity contribution in [3.8, 4) is 12.3 Å². The van der Waals surface area contributed by atoms with Crippen LogP contribution in [0.3, 0.4) is 0 Å². The molecule has 78 valence electrons. The molecule has 0 radical (unpaired) electrons. The average Bonchev–Trinajstić information content (AvgIpc) is 2.64. The lowest BCUT2D eigenvalue weighted by Gasteiger charge is -2.25. The van der Waals surface area contributed by atoms with Gasteiger partial charge in [0.1, 0.15) is 5.78 Å². The summed E-state index contributed by atoms with van der Waals surface area (Å²) in [6, 6.07) is 0. The zero-order chi connectivity index (χ0) is 10.4. The first-order valence-corrected chi connectivity index (χ1v) is 5.42. The predicted octanol–water partition coefficient (Wildman–Crippen LogP) is 1.75. The van der Waals surface area contributed by atoms with Gasteiger partial charge in [0.15, 0.2) is 0 Å². The van der Waals surface area contributed by atoms with Gasteiger partial charge in [-0.05, 0) is 19.4 Å². The fourth-order valence-corrected chi connectivity index (χ4v) is 2.26. The topological polar surface area (TPSA) is 29.1 Å². The molecule has 1 rings (SSSR count). The SMILES string of the molecule is C#CCCC(=O)C1(CCC)CCNC1. The van der Waals surface area contributed by atoms with Gasteiger partial charge < -0.3 is 5.32 Å². The third-order valence-electron chi connectivity index (χ3n) is 3.06. The highest BCUT2D eigenvalue weighted by Crippen LogP contribution is 2.33. The molecular weight excluding hydrogens is 174 g/mol. The van der Waals surface area contributed by atoms with E-state index in [1.54, 1.807) is 0 Å². The van der Waals surface area contributed by atoms with Crippen molar-refractivity contribution in [2.75, 3.05) is 13.1 Å². The molecule has 1 aliphatic rings. The van der Waals surface area contributed by atoms with Crippen LogP contribution in [0.4, 0.5) is 0 Å². The average molecular weight is 193 g/mol. The van der Waals surface area contributed by atoms with Crippen LogP contribution >= 0.6 is 0 Å². The molecule has 1 atom stereocenters. The number of nitrogens with one attached hydrogen (secondary N) is 1. The van der Waals surface area contributed by atoms with Crippen molar-refractivity contribution in [3.63, 3.8) is 0 Å². The van der Waals surface area contributed by atoms with Crippen molar-refractivity contribution in [1.82, 2.24) is 5.32 Å². The van der Waals surface area contributed by atoms with Crippen LogP contribution in [-0.4, -0.2) is 18.9 Å². The number of hydrogen-bond acceptors (Lipinski definition) is 2. The van der Waals surface area contributed by atoms with E-state index in [0.29, 0.717) is 18.6 Å². The molecule has 2 nitrogen and oxygen atoms in total. The molecule has 1 saturated heterocycles. The van der Waals surface area contributed by atoms with E-state index >= 15 is 0 Å². The van der Waals surface area contributed by atoms with E-state index in [2.05, 4.69) is 18.2 Å². The maximum Gasteiger partial charge on any atom is 0.141 e. The summed E-state index contributed by atoms with van der Waals surface area (Å²) in [7, 11) is 0. The van der Waals surface area contributed by atoms with E-state index in [1.807, 2.05) is 0 Å². The van der Waals surface area contributed by atoms with Gasteiger partial charge in [-0.15, -0.1) is 12.3 Å². The van der Waals surface area contributed by atoms with E-state index < -0.39 is 0 Å². The standard InChI is InChI=1S/C12H19NO/c1-3-5-6-11(14)12(7-4-2)8-9-13-10-12/h1,13H,4-10H2,2H3. The molecule has 0 spiro atoms. The number of Topliss-reactive ketones (excluding diaryl/α,β-unsaturated/α-hetero) is 1. The van der Waals surface area contributed by atoms with Crippen LogP contribution in [0.25, 0.3) is 0 Å². The van der Waals surface area contributed by atoms with E-state index in [4.69, 9.17) is 6.42 Å². The number of ketones is 1. The van der Waals surface area contributed by atoms with Gasteiger partial charge in [-0.25, -0.2) is 0 Å². The fourth-order valence-electron chi connectivity index (χ4n) is 2.26. The van der Waals surface area contributed by atoms with Gasteiger partial charge in [0, 0.05) is 24.8 Å². The zero-order valence-electron chi connectivity index (χ0n) is 8.94. The van der Waals surface area contributed by atoms with Gasteiger partial charge in [-0.3, -0.25) is 4.79 Å². The first-order valence-electron chi connectivity index (χ1n) is 5.42. The van der Waals surface area contributed by atoms with Gasteiger partial charge in [-0.1, -0.05) is 13.3 Å². The van der Waals surface area contributed by atoms with Crippen molar-refractivity contribution in [3.05, 3.63) is 0 Å². The number of carbonyl (C=O) groups is 1. The quantitative estimate of drug-likeness (QED) is 0.674. The maximum absolute atomic E-state index is 12.0. The van der Waals surface area contributed by atoms with Crippen molar-refractivity contribution in [2.45, 2.75) is 39.0 Å². The van der Waals surface area contributed by atoms with Crippen LogP contribution in [-0.2, 0) is 4.79 Å². The Labute approximate surface area is 86.5 Å². The van der Waals surface area contributed by atoms with Crippen molar-refractivity contribution in [2.24, 2.45) is 5.41 Å². The molecule has 0 aromatic carbocycles. The normalized spacial score (nSPS) is 26.0. The highest BCUT2D eigenvalue weighted by molar-refractivity contribution is 5.85. The Morgan fingerprint density at radius 2 is 2.43 bits per heavy atom. The van der Waals surface area contributed by atoms with Crippen LogP contribution in [0.15, 0.2) is 0 Å². The monoisotopic (exact) mass is 193 g/mol. The molecule has 14 heavy (non-hydrogen) atoms. The predicted molar refractivity (Wildman–Crippen MR) is 57.9 cm³/mol. The molecule has 0 aliphatic carbocycles. The highest BCUT2D eigenvalue weighted by atomic mass is 16.1. The minimum Gasteiger partial charge on any atom is -0.316 e. The molecular formula is C12H19NO. The Morgan fingerprint density at radius 1 is 1.64 bits per heavy atom.